The van der Waals surface area contributed by atoms with Crippen LogP contribution in [0, 0.1) is 0 Å². The molecule has 2 atom stereocenters. The molecular weight excluding hydrogens is 288 g/mol. The van der Waals surface area contributed by atoms with Crippen LogP contribution in [0.15, 0.2) is 18.2 Å². The molecule has 0 fully saturated rings. The number of carboxylic acids is 1. The van der Waals surface area contributed by atoms with Crippen LogP contribution >= 0.6 is 11.6 Å². The van der Waals surface area contributed by atoms with Crippen LogP contribution in [0.25, 0.3) is 0 Å². The van der Waals surface area contributed by atoms with Gasteiger partial charge in [-0.2, -0.15) is 0 Å². The number of halogens is 1. The molecule has 0 aliphatic rings. The number of urea groups is 1. The van der Waals surface area contributed by atoms with Crippen LogP contribution in [0.5, 0.6) is 5.75 Å². The minimum Gasteiger partial charge on any atom is -0.495 e. The molecule has 0 saturated heterocycles. The molecule has 8 heteroatoms. The van der Waals surface area contributed by atoms with Crippen molar-refractivity contribution in [2.45, 2.75) is 19.1 Å². The first-order valence-corrected chi connectivity index (χ1v) is 6.05. The summed E-state index contributed by atoms with van der Waals surface area (Å²) in [6, 6.07) is 2.38. The van der Waals surface area contributed by atoms with Crippen LogP contribution in [-0.4, -0.2) is 41.5 Å². The quantitative estimate of drug-likeness (QED) is 0.656. The lowest BCUT2D eigenvalue weighted by Crippen LogP contribution is -2.49. The van der Waals surface area contributed by atoms with Crippen molar-refractivity contribution in [3.05, 3.63) is 23.2 Å². The van der Waals surface area contributed by atoms with E-state index >= 15 is 0 Å². The first kappa shape index (κ1) is 16.1. The van der Waals surface area contributed by atoms with Crippen LogP contribution in [-0.2, 0) is 4.79 Å². The van der Waals surface area contributed by atoms with Crippen LogP contribution in [0.2, 0.25) is 5.02 Å². The fourth-order valence-corrected chi connectivity index (χ4v) is 1.63. The molecule has 0 aliphatic heterocycles. The zero-order valence-electron chi connectivity index (χ0n) is 10.9. The number of carbonyl (C=O) groups excluding carboxylic acids is 1. The van der Waals surface area contributed by atoms with Crippen LogP contribution < -0.4 is 15.4 Å². The lowest BCUT2D eigenvalue weighted by molar-refractivity contribution is -0.141. The average molecular weight is 303 g/mol. The Balaban J connectivity index is 2.73. The highest BCUT2D eigenvalue weighted by Crippen LogP contribution is 2.27. The first-order chi connectivity index (χ1) is 9.35. The number of aliphatic hydroxyl groups excluding tert-OH is 1. The highest BCUT2D eigenvalue weighted by atomic mass is 35.5. The summed E-state index contributed by atoms with van der Waals surface area (Å²) in [6.45, 7) is 1.27. The average Bonchev–Trinajstić information content (AvgIpc) is 2.37. The molecule has 0 radical (unpaired) electrons. The Labute approximate surface area is 120 Å². The van der Waals surface area contributed by atoms with E-state index in [0.29, 0.717) is 16.5 Å². The van der Waals surface area contributed by atoms with E-state index in [4.69, 9.17) is 21.4 Å². The highest BCUT2D eigenvalue weighted by Gasteiger charge is 2.24. The molecule has 0 spiro atoms. The third-order valence-electron chi connectivity index (χ3n) is 2.44. The maximum atomic E-state index is 11.6. The number of amides is 2. The van der Waals surface area contributed by atoms with E-state index in [0.717, 1.165) is 0 Å². The Morgan fingerprint density at radius 3 is 2.55 bits per heavy atom. The van der Waals surface area contributed by atoms with Crippen LogP contribution in [0.1, 0.15) is 6.92 Å². The molecule has 20 heavy (non-hydrogen) atoms. The summed E-state index contributed by atoms with van der Waals surface area (Å²) < 4.78 is 4.99. The molecule has 7 nitrogen and oxygen atoms in total. The zero-order chi connectivity index (χ0) is 15.3. The highest BCUT2D eigenvalue weighted by molar-refractivity contribution is 6.32. The fraction of sp³-hybridized carbons (Fsp3) is 0.333. The van der Waals surface area contributed by atoms with Crippen molar-refractivity contribution in [3.8, 4) is 5.75 Å². The van der Waals surface area contributed by atoms with Crippen molar-refractivity contribution in [3.63, 3.8) is 0 Å². The SMILES string of the molecule is COc1cc(NC(=O)NC(C(=O)O)C(C)O)ccc1Cl. The van der Waals surface area contributed by atoms with E-state index in [1.807, 2.05) is 0 Å². The number of benzene rings is 1. The van der Waals surface area contributed by atoms with Gasteiger partial charge in [0.1, 0.15) is 5.75 Å². The van der Waals surface area contributed by atoms with Crippen molar-refractivity contribution in [1.29, 1.82) is 0 Å². The minimum absolute atomic E-state index is 0.370. The molecule has 0 bridgehead atoms. The van der Waals surface area contributed by atoms with Crippen molar-refractivity contribution < 1.29 is 24.5 Å². The van der Waals surface area contributed by atoms with Crippen molar-refractivity contribution in [2.75, 3.05) is 12.4 Å². The van der Waals surface area contributed by atoms with Gasteiger partial charge in [-0.05, 0) is 19.1 Å². The molecule has 110 valence electrons. The summed E-state index contributed by atoms with van der Waals surface area (Å²) in [6.07, 6.45) is -1.22. The topological polar surface area (TPSA) is 108 Å². The molecule has 0 saturated carbocycles. The second-order valence-corrected chi connectivity index (χ2v) is 4.41. The summed E-state index contributed by atoms with van der Waals surface area (Å²) in [5.74, 6) is -0.960. The number of hydrogen-bond donors (Lipinski definition) is 4. The van der Waals surface area contributed by atoms with Gasteiger partial charge in [-0.1, -0.05) is 11.6 Å². The molecule has 1 aromatic rings. The number of aliphatic hydroxyl groups is 1. The van der Waals surface area contributed by atoms with E-state index < -0.39 is 24.1 Å². The summed E-state index contributed by atoms with van der Waals surface area (Å²) in [7, 11) is 1.43. The number of ether oxygens (including phenoxy) is 1. The summed E-state index contributed by atoms with van der Waals surface area (Å²) >= 11 is 5.84. The summed E-state index contributed by atoms with van der Waals surface area (Å²) in [4.78, 5) is 22.5. The second kappa shape index (κ2) is 6.97. The molecule has 1 aromatic carbocycles. The van der Waals surface area contributed by atoms with E-state index in [1.165, 1.54) is 32.2 Å². The smallest absolute Gasteiger partial charge is 0.328 e. The van der Waals surface area contributed by atoms with Gasteiger partial charge in [-0.15, -0.1) is 0 Å². The van der Waals surface area contributed by atoms with E-state index in [2.05, 4.69) is 10.6 Å². The van der Waals surface area contributed by atoms with Crippen LogP contribution in [0.4, 0.5) is 10.5 Å². The number of rotatable bonds is 5. The lowest BCUT2D eigenvalue weighted by atomic mass is 10.2. The first-order valence-electron chi connectivity index (χ1n) is 5.67. The number of hydrogen-bond acceptors (Lipinski definition) is 4. The molecular formula is C12H15ClN2O5. The van der Waals surface area contributed by atoms with E-state index in [9.17, 15) is 14.7 Å². The Hall–Kier alpha value is -1.99. The molecule has 0 aromatic heterocycles. The second-order valence-electron chi connectivity index (χ2n) is 4.00. The summed E-state index contributed by atoms with van der Waals surface area (Å²) in [5, 5.41) is 23.0. The van der Waals surface area contributed by atoms with Gasteiger partial charge in [0.05, 0.1) is 18.2 Å². The number of nitrogens with one attached hydrogen (secondary N) is 2. The van der Waals surface area contributed by atoms with Crippen LogP contribution in [0.3, 0.4) is 0 Å². The summed E-state index contributed by atoms with van der Waals surface area (Å²) in [5.41, 5.74) is 0.374. The standard InChI is InChI=1S/C12H15ClN2O5/c1-6(16)10(11(17)18)15-12(19)14-7-3-4-8(13)9(5-7)20-2/h3-6,10,16H,1-2H3,(H,17,18)(H2,14,15,19). The maximum Gasteiger partial charge on any atom is 0.328 e. The monoisotopic (exact) mass is 302 g/mol. The lowest BCUT2D eigenvalue weighted by Gasteiger charge is -2.17. The molecule has 2 amide bonds. The molecule has 4 N–H and O–H groups in total. The van der Waals surface area contributed by atoms with Gasteiger partial charge in [0.2, 0.25) is 0 Å². The normalized spacial score (nSPS) is 13.2. The maximum absolute atomic E-state index is 11.6. The van der Waals surface area contributed by atoms with Crippen molar-refractivity contribution in [1.82, 2.24) is 5.32 Å². The number of carboxylic acid groups (broad SMARTS) is 1. The van der Waals surface area contributed by atoms with E-state index in [-0.39, 0.29) is 0 Å². The van der Waals surface area contributed by atoms with Gasteiger partial charge in [0, 0.05) is 11.8 Å². The Kier molecular flexibility index (Phi) is 5.60. The number of methoxy groups -OCH3 is 1. The fourth-order valence-electron chi connectivity index (χ4n) is 1.43. The number of aliphatic carboxylic acids is 1. The predicted molar refractivity (Wildman–Crippen MR) is 73.3 cm³/mol. The zero-order valence-corrected chi connectivity index (χ0v) is 11.6. The molecule has 0 heterocycles. The largest absolute Gasteiger partial charge is 0.495 e. The van der Waals surface area contributed by atoms with Crippen molar-refractivity contribution in [2.24, 2.45) is 0 Å². The molecule has 2 unspecified atom stereocenters. The number of anilines is 1. The van der Waals surface area contributed by atoms with Gasteiger partial charge in [0.25, 0.3) is 0 Å². The molecule has 0 aliphatic carbocycles. The Bertz CT molecular complexity index is 507. The third-order valence-corrected chi connectivity index (χ3v) is 2.76. The van der Waals surface area contributed by atoms with Gasteiger partial charge in [0.15, 0.2) is 6.04 Å². The Morgan fingerprint density at radius 2 is 2.05 bits per heavy atom. The van der Waals surface area contributed by atoms with Gasteiger partial charge in [-0.25, -0.2) is 9.59 Å². The van der Waals surface area contributed by atoms with Gasteiger partial charge >= 0.3 is 12.0 Å². The number of carbonyl (C=O) groups is 2. The predicted octanol–water partition coefficient (Wildman–Crippen LogP) is 1.30. The Morgan fingerprint density at radius 1 is 1.40 bits per heavy atom. The van der Waals surface area contributed by atoms with Gasteiger partial charge in [-0.3, -0.25) is 0 Å². The van der Waals surface area contributed by atoms with E-state index in [1.54, 1.807) is 0 Å². The minimum atomic E-state index is -1.40. The van der Waals surface area contributed by atoms with Gasteiger partial charge < -0.3 is 25.6 Å². The molecule has 1 rings (SSSR count). The third kappa shape index (κ3) is 4.29. The van der Waals surface area contributed by atoms with Crippen molar-refractivity contribution >= 4 is 29.3 Å².